The standard InChI is InChI=1S/C13H18O/c1-12(6-5-11-14)9-10-13-7-3-2-4-8-13/h2-4,7-10,12,14H,5-6,11H2,1H3/b10-9+. The molecule has 1 atom stereocenters. The summed E-state index contributed by atoms with van der Waals surface area (Å²) >= 11 is 0. The van der Waals surface area contributed by atoms with Gasteiger partial charge in [0.2, 0.25) is 0 Å². The van der Waals surface area contributed by atoms with Gasteiger partial charge in [-0.2, -0.15) is 0 Å². The average Bonchev–Trinajstić information content (AvgIpc) is 2.25. The third kappa shape index (κ3) is 4.24. The van der Waals surface area contributed by atoms with E-state index in [2.05, 4.69) is 31.2 Å². The maximum atomic E-state index is 8.68. The van der Waals surface area contributed by atoms with Gasteiger partial charge in [0, 0.05) is 6.61 Å². The first kappa shape index (κ1) is 11.0. The van der Waals surface area contributed by atoms with Gasteiger partial charge in [-0.3, -0.25) is 0 Å². The largest absolute Gasteiger partial charge is 0.396 e. The molecule has 1 aromatic carbocycles. The number of hydrogen-bond acceptors (Lipinski definition) is 1. The summed E-state index contributed by atoms with van der Waals surface area (Å²) in [7, 11) is 0. The second kappa shape index (κ2) is 6.39. The minimum atomic E-state index is 0.295. The molecule has 0 aliphatic carbocycles. The molecule has 14 heavy (non-hydrogen) atoms. The zero-order chi connectivity index (χ0) is 10.2. The predicted octanol–water partition coefficient (Wildman–Crippen LogP) is 3.11. The van der Waals surface area contributed by atoms with Crippen molar-refractivity contribution >= 4 is 6.08 Å². The van der Waals surface area contributed by atoms with Gasteiger partial charge in [0.15, 0.2) is 0 Å². The predicted molar refractivity (Wildman–Crippen MR) is 61.0 cm³/mol. The highest BCUT2D eigenvalue weighted by atomic mass is 16.2. The van der Waals surface area contributed by atoms with Gasteiger partial charge in [0.1, 0.15) is 0 Å². The molecule has 1 unspecified atom stereocenters. The van der Waals surface area contributed by atoms with Gasteiger partial charge in [-0.1, -0.05) is 49.4 Å². The minimum absolute atomic E-state index is 0.295. The van der Waals surface area contributed by atoms with Gasteiger partial charge in [0.05, 0.1) is 0 Å². The Labute approximate surface area is 86.1 Å². The molecule has 0 radical (unpaired) electrons. The molecule has 0 amide bonds. The molecule has 0 bridgehead atoms. The molecule has 0 aromatic heterocycles. The Bertz CT molecular complexity index is 264. The monoisotopic (exact) mass is 190 g/mol. The number of aliphatic hydroxyl groups is 1. The molecule has 0 saturated heterocycles. The number of benzene rings is 1. The fourth-order valence-electron chi connectivity index (χ4n) is 1.35. The quantitative estimate of drug-likeness (QED) is 0.756. The van der Waals surface area contributed by atoms with Crippen LogP contribution in [0.1, 0.15) is 25.3 Å². The fourth-order valence-corrected chi connectivity index (χ4v) is 1.35. The lowest BCUT2D eigenvalue weighted by Gasteiger charge is -2.03. The topological polar surface area (TPSA) is 20.2 Å². The van der Waals surface area contributed by atoms with E-state index in [1.807, 2.05) is 18.2 Å². The van der Waals surface area contributed by atoms with Crippen LogP contribution in [0.15, 0.2) is 36.4 Å². The van der Waals surface area contributed by atoms with E-state index in [0.717, 1.165) is 12.8 Å². The van der Waals surface area contributed by atoms with E-state index < -0.39 is 0 Å². The molecule has 1 nitrogen and oxygen atoms in total. The second-order valence-corrected chi connectivity index (χ2v) is 3.61. The summed E-state index contributed by atoms with van der Waals surface area (Å²) in [5, 5.41) is 8.68. The summed E-state index contributed by atoms with van der Waals surface area (Å²) in [5.74, 6) is 0.544. The van der Waals surface area contributed by atoms with Crippen LogP contribution in [0.3, 0.4) is 0 Å². The molecule has 0 spiro atoms. The fraction of sp³-hybridized carbons (Fsp3) is 0.385. The van der Waals surface area contributed by atoms with E-state index in [1.165, 1.54) is 5.56 Å². The molecule has 1 rings (SSSR count). The van der Waals surface area contributed by atoms with Crippen molar-refractivity contribution in [2.45, 2.75) is 19.8 Å². The molecule has 0 heterocycles. The van der Waals surface area contributed by atoms with Gasteiger partial charge in [0.25, 0.3) is 0 Å². The number of rotatable bonds is 5. The van der Waals surface area contributed by atoms with Crippen LogP contribution in [-0.2, 0) is 0 Å². The third-order valence-corrected chi connectivity index (χ3v) is 2.23. The Morgan fingerprint density at radius 1 is 1.29 bits per heavy atom. The highest BCUT2D eigenvalue weighted by Gasteiger charge is 1.95. The summed E-state index contributed by atoms with van der Waals surface area (Å²) in [6.45, 7) is 2.47. The van der Waals surface area contributed by atoms with Crippen LogP contribution in [0.25, 0.3) is 6.08 Å². The van der Waals surface area contributed by atoms with Crippen molar-refractivity contribution in [3.8, 4) is 0 Å². The SMILES string of the molecule is CC(/C=C/c1ccccc1)CCCO. The Morgan fingerprint density at radius 2 is 2.00 bits per heavy atom. The number of hydrogen-bond donors (Lipinski definition) is 1. The first-order chi connectivity index (χ1) is 6.83. The molecule has 1 heteroatoms. The Morgan fingerprint density at radius 3 is 2.64 bits per heavy atom. The van der Waals surface area contributed by atoms with Crippen LogP contribution in [-0.4, -0.2) is 11.7 Å². The summed E-state index contributed by atoms with van der Waals surface area (Å²) in [6, 6.07) is 10.3. The third-order valence-electron chi connectivity index (χ3n) is 2.23. The van der Waals surface area contributed by atoms with E-state index in [1.54, 1.807) is 0 Å². The lowest BCUT2D eigenvalue weighted by Crippen LogP contribution is -1.91. The molecular weight excluding hydrogens is 172 g/mol. The van der Waals surface area contributed by atoms with Gasteiger partial charge in [-0.15, -0.1) is 0 Å². The first-order valence-corrected chi connectivity index (χ1v) is 5.17. The average molecular weight is 190 g/mol. The van der Waals surface area contributed by atoms with Gasteiger partial charge >= 0.3 is 0 Å². The minimum Gasteiger partial charge on any atom is -0.396 e. The summed E-state index contributed by atoms with van der Waals surface area (Å²) < 4.78 is 0. The zero-order valence-corrected chi connectivity index (χ0v) is 8.69. The Hall–Kier alpha value is -1.08. The highest BCUT2D eigenvalue weighted by molar-refractivity contribution is 5.48. The zero-order valence-electron chi connectivity index (χ0n) is 8.69. The summed E-state index contributed by atoms with van der Waals surface area (Å²) in [5.41, 5.74) is 1.24. The maximum absolute atomic E-state index is 8.68. The smallest absolute Gasteiger partial charge is 0.0431 e. The van der Waals surface area contributed by atoms with Crippen molar-refractivity contribution in [2.75, 3.05) is 6.61 Å². The van der Waals surface area contributed by atoms with E-state index >= 15 is 0 Å². The highest BCUT2D eigenvalue weighted by Crippen LogP contribution is 2.09. The Balaban J connectivity index is 2.39. The van der Waals surface area contributed by atoms with Crippen LogP contribution < -0.4 is 0 Å². The molecule has 1 aromatic rings. The van der Waals surface area contributed by atoms with Crippen molar-refractivity contribution in [1.82, 2.24) is 0 Å². The second-order valence-electron chi connectivity index (χ2n) is 3.61. The molecule has 0 aliphatic heterocycles. The van der Waals surface area contributed by atoms with E-state index in [4.69, 9.17) is 5.11 Å². The molecule has 0 saturated carbocycles. The number of aliphatic hydroxyl groups excluding tert-OH is 1. The molecule has 0 fully saturated rings. The van der Waals surface area contributed by atoms with Crippen molar-refractivity contribution in [2.24, 2.45) is 5.92 Å². The normalized spacial score (nSPS) is 13.3. The van der Waals surface area contributed by atoms with Gasteiger partial charge in [-0.05, 0) is 24.3 Å². The molecule has 76 valence electrons. The molecule has 0 aliphatic rings. The maximum Gasteiger partial charge on any atom is 0.0431 e. The van der Waals surface area contributed by atoms with Crippen LogP contribution in [0, 0.1) is 5.92 Å². The van der Waals surface area contributed by atoms with Crippen LogP contribution >= 0.6 is 0 Å². The van der Waals surface area contributed by atoms with E-state index in [0.29, 0.717) is 12.5 Å². The molecular formula is C13H18O. The summed E-state index contributed by atoms with van der Waals surface area (Å²) in [6.07, 6.45) is 6.28. The number of allylic oxidation sites excluding steroid dienone is 1. The van der Waals surface area contributed by atoms with E-state index in [-0.39, 0.29) is 0 Å². The molecule has 1 N–H and O–H groups in total. The Kier molecular flexibility index (Phi) is 5.02. The van der Waals surface area contributed by atoms with Crippen LogP contribution in [0.2, 0.25) is 0 Å². The lowest BCUT2D eigenvalue weighted by molar-refractivity contribution is 0.279. The van der Waals surface area contributed by atoms with Gasteiger partial charge < -0.3 is 5.11 Å². The van der Waals surface area contributed by atoms with Crippen molar-refractivity contribution < 1.29 is 5.11 Å². The van der Waals surface area contributed by atoms with Crippen molar-refractivity contribution in [1.29, 1.82) is 0 Å². The first-order valence-electron chi connectivity index (χ1n) is 5.17. The van der Waals surface area contributed by atoms with Crippen molar-refractivity contribution in [3.63, 3.8) is 0 Å². The van der Waals surface area contributed by atoms with Crippen LogP contribution in [0.4, 0.5) is 0 Å². The van der Waals surface area contributed by atoms with Crippen molar-refractivity contribution in [3.05, 3.63) is 42.0 Å². The lowest BCUT2D eigenvalue weighted by atomic mass is 10.0. The van der Waals surface area contributed by atoms with Crippen LogP contribution in [0.5, 0.6) is 0 Å². The van der Waals surface area contributed by atoms with E-state index in [9.17, 15) is 0 Å². The summed E-state index contributed by atoms with van der Waals surface area (Å²) in [4.78, 5) is 0. The van der Waals surface area contributed by atoms with Gasteiger partial charge in [-0.25, -0.2) is 0 Å².